The molecule has 5 nitrogen and oxygen atoms in total. The average Bonchev–Trinajstić information content (AvgIpc) is 2.75. The molecule has 1 amide bonds. The first-order valence-electron chi connectivity index (χ1n) is 9.63. The van der Waals surface area contributed by atoms with Crippen LogP contribution in [0.4, 0.5) is 4.39 Å². The molecule has 0 spiro atoms. The highest BCUT2D eigenvalue weighted by molar-refractivity contribution is 5.83. The highest BCUT2D eigenvalue weighted by Gasteiger charge is 2.03. The molecular formula is C24H23FN2O3. The van der Waals surface area contributed by atoms with Crippen LogP contribution in [0.25, 0.3) is 0 Å². The van der Waals surface area contributed by atoms with Crippen LogP contribution in [0.15, 0.2) is 77.9 Å². The van der Waals surface area contributed by atoms with Gasteiger partial charge < -0.3 is 9.47 Å². The zero-order chi connectivity index (χ0) is 21.2. The molecule has 1 N–H and O–H groups in total. The smallest absolute Gasteiger partial charge is 0.244 e. The molecule has 0 atom stereocenters. The Balaban J connectivity index is 1.48. The minimum absolute atomic E-state index is 0.209. The first-order valence-corrected chi connectivity index (χ1v) is 9.63. The Labute approximate surface area is 175 Å². The number of nitrogens with one attached hydrogen (secondary N) is 1. The van der Waals surface area contributed by atoms with Gasteiger partial charge >= 0.3 is 0 Å². The van der Waals surface area contributed by atoms with Gasteiger partial charge in [-0.3, -0.25) is 4.79 Å². The number of nitrogens with zero attached hydrogens (tertiary/aromatic N) is 1. The van der Waals surface area contributed by atoms with Crippen molar-refractivity contribution in [1.29, 1.82) is 0 Å². The zero-order valence-corrected chi connectivity index (χ0v) is 16.7. The van der Waals surface area contributed by atoms with Gasteiger partial charge in [-0.05, 0) is 60.0 Å². The number of benzene rings is 3. The van der Waals surface area contributed by atoms with Crippen LogP contribution < -0.4 is 14.9 Å². The monoisotopic (exact) mass is 406 g/mol. The summed E-state index contributed by atoms with van der Waals surface area (Å²) >= 11 is 0. The molecule has 0 unspecified atom stereocenters. The summed E-state index contributed by atoms with van der Waals surface area (Å²) in [5.41, 5.74) is 5.06. The van der Waals surface area contributed by atoms with Crippen molar-refractivity contribution in [1.82, 2.24) is 5.43 Å². The van der Waals surface area contributed by atoms with E-state index in [1.165, 1.54) is 12.1 Å². The van der Waals surface area contributed by atoms with Gasteiger partial charge in [-0.1, -0.05) is 36.4 Å². The van der Waals surface area contributed by atoms with E-state index in [0.29, 0.717) is 19.0 Å². The first kappa shape index (κ1) is 21.0. The molecule has 0 saturated heterocycles. The van der Waals surface area contributed by atoms with Crippen molar-refractivity contribution in [3.63, 3.8) is 0 Å². The summed E-state index contributed by atoms with van der Waals surface area (Å²) in [5.74, 6) is 0.950. The second-order valence-electron chi connectivity index (χ2n) is 6.53. The summed E-state index contributed by atoms with van der Waals surface area (Å²) < 4.78 is 24.1. The number of rotatable bonds is 9. The van der Waals surface area contributed by atoms with E-state index < -0.39 is 0 Å². The molecule has 3 rings (SSSR count). The van der Waals surface area contributed by atoms with E-state index in [0.717, 1.165) is 22.4 Å². The van der Waals surface area contributed by atoms with Crippen molar-refractivity contribution >= 4 is 12.1 Å². The molecule has 0 fully saturated rings. The summed E-state index contributed by atoms with van der Waals surface area (Å²) in [6, 6.07) is 20.9. The molecule has 0 bridgehead atoms. The Bertz CT molecular complexity index is 986. The third-order valence-electron chi connectivity index (χ3n) is 4.18. The highest BCUT2D eigenvalue weighted by Crippen LogP contribution is 2.15. The van der Waals surface area contributed by atoms with Crippen LogP contribution in [-0.4, -0.2) is 18.7 Å². The van der Waals surface area contributed by atoms with Gasteiger partial charge in [-0.15, -0.1) is 0 Å². The van der Waals surface area contributed by atoms with Crippen LogP contribution in [0.1, 0.15) is 23.6 Å². The number of hydrazone groups is 1. The third kappa shape index (κ3) is 6.74. The largest absolute Gasteiger partial charge is 0.494 e. The van der Waals surface area contributed by atoms with E-state index in [2.05, 4.69) is 10.5 Å². The van der Waals surface area contributed by atoms with E-state index in [9.17, 15) is 9.18 Å². The van der Waals surface area contributed by atoms with E-state index in [4.69, 9.17) is 9.47 Å². The number of hydrogen-bond donors (Lipinski definition) is 1. The van der Waals surface area contributed by atoms with Gasteiger partial charge in [0.1, 0.15) is 23.9 Å². The molecule has 3 aromatic rings. The molecule has 0 aliphatic heterocycles. The summed E-state index contributed by atoms with van der Waals surface area (Å²) in [4.78, 5) is 12.1. The number of halogens is 1. The minimum Gasteiger partial charge on any atom is -0.494 e. The van der Waals surface area contributed by atoms with E-state index in [1.807, 2.05) is 55.5 Å². The maximum absolute atomic E-state index is 13.0. The lowest BCUT2D eigenvalue weighted by Gasteiger charge is -2.07. The van der Waals surface area contributed by atoms with Crippen molar-refractivity contribution in [3.05, 3.63) is 95.3 Å². The molecule has 154 valence electrons. The third-order valence-corrected chi connectivity index (χ3v) is 4.18. The van der Waals surface area contributed by atoms with Crippen LogP contribution in [0.2, 0.25) is 0 Å². The van der Waals surface area contributed by atoms with Crippen molar-refractivity contribution in [2.75, 3.05) is 6.61 Å². The Morgan fingerprint density at radius 2 is 1.70 bits per heavy atom. The second kappa shape index (κ2) is 10.8. The van der Waals surface area contributed by atoms with Crippen molar-refractivity contribution in [2.45, 2.75) is 20.0 Å². The topological polar surface area (TPSA) is 59.9 Å². The standard InChI is InChI=1S/C24H23FN2O3/c1-2-29-22-12-8-18(9-13-22)15-24(28)27-26-16-20-4-3-5-23(14-20)30-17-19-6-10-21(25)11-7-19/h3-14,16H,2,15,17H2,1H3,(H,27,28)/b26-16-. The van der Waals surface area contributed by atoms with E-state index >= 15 is 0 Å². The predicted octanol–water partition coefficient (Wildman–Crippen LogP) is 4.50. The zero-order valence-electron chi connectivity index (χ0n) is 16.7. The van der Waals surface area contributed by atoms with Gasteiger partial charge in [-0.25, -0.2) is 9.82 Å². The Kier molecular flexibility index (Phi) is 7.55. The van der Waals surface area contributed by atoms with Gasteiger partial charge in [0.2, 0.25) is 5.91 Å². The Morgan fingerprint density at radius 3 is 2.43 bits per heavy atom. The lowest BCUT2D eigenvalue weighted by molar-refractivity contribution is -0.120. The van der Waals surface area contributed by atoms with E-state index in [1.54, 1.807) is 18.3 Å². The molecule has 0 heterocycles. The van der Waals surface area contributed by atoms with Gasteiger partial charge in [0.25, 0.3) is 0 Å². The van der Waals surface area contributed by atoms with Crippen molar-refractivity contribution in [2.24, 2.45) is 5.10 Å². The van der Waals surface area contributed by atoms with Crippen LogP contribution in [0, 0.1) is 5.82 Å². The lowest BCUT2D eigenvalue weighted by atomic mass is 10.1. The molecule has 0 aliphatic carbocycles. The Morgan fingerprint density at radius 1 is 0.967 bits per heavy atom. The normalized spacial score (nSPS) is 10.7. The number of carbonyl (C=O) groups is 1. The van der Waals surface area contributed by atoms with Gasteiger partial charge in [-0.2, -0.15) is 5.10 Å². The summed E-state index contributed by atoms with van der Waals surface area (Å²) in [6.07, 6.45) is 1.78. The molecule has 0 aliphatic rings. The average molecular weight is 406 g/mol. The van der Waals surface area contributed by atoms with Gasteiger partial charge in [0.15, 0.2) is 0 Å². The first-order chi connectivity index (χ1) is 14.6. The number of amides is 1. The number of carbonyl (C=O) groups excluding carboxylic acids is 1. The molecule has 0 radical (unpaired) electrons. The summed E-state index contributed by atoms with van der Waals surface area (Å²) in [5, 5.41) is 4.01. The lowest BCUT2D eigenvalue weighted by Crippen LogP contribution is -2.19. The van der Waals surface area contributed by atoms with Gasteiger partial charge in [0.05, 0.1) is 19.2 Å². The van der Waals surface area contributed by atoms with Crippen LogP contribution in [0.5, 0.6) is 11.5 Å². The maximum Gasteiger partial charge on any atom is 0.244 e. The molecule has 0 aromatic heterocycles. The fourth-order valence-electron chi connectivity index (χ4n) is 2.71. The fraction of sp³-hybridized carbons (Fsp3) is 0.167. The quantitative estimate of drug-likeness (QED) is 0.421. The minimum atomic E-state index is -0.276. The second-order valence-corrected chi connectivity index (χ2v) is 6.53. The van der Waals surface area contributed by atoms with Crippen LogP contribution in [0.3, 0.4) is 0 Å². The summed E-state index contributed by atoms with van der Waals surface area (Å²) in [6.45, 7) is 2.86. The number of ether oxygens (including phenoxy) is 2. The van der Waals surface area contributed by atoms with Crippen molar-refractivity contribution in [3.8, 4) is 11.5 Å². The molecule has 6 heteroatoms. The van der Waals surface area contributed by atoms with Gasteiger partial charge in [0, 0.05) is 0 Å². The maximum atomic E-state index is 13.0. The Hall–Kier alpha value is -3.67. The molecule has 0 saturated carbocycles. The van der Waals surface area contributed by atoms with Crippen LogP contribution in [-0.2, 0) is 17.8 Å². The predicted molar refractivity (Wildman–Crippen MR) is 114 cm³/mol. The summed E-state index contributed by atoms with van der Waals surface area (Å²) in [7, 11) is 0. The molecule has 30 heavy (non-hydrogen) atoms. The SMILES string of the molecule is CCOc1ccc(CC(=O)N/N=C\c2cccc(OCc3ccc(F)cc3)c2)cc1. The van der Waals surface area contributed by atoms with E-state index in [-0.39, 0.29) is 18.1 Å². The molecular weight excluding hydrogens is 383 g/mol. The van der Waals surface area contributed by atoms with Crippen molar-refractivity contribution < 1.29 is 18.7 Å². The highest BCUT2D eigenvalue weighted by atomic mass is 19.1. The molecule has 3 aromatic carbocycles. The van der Waals surface area contributed by atoms with Crippen LogP contribution >= 0.6 is 0 Å². The fourth-order valence-corrected chi connectivity index (χ4v) is 2.71. The number of hydrogen-bond acceptors (Lipinski definition) is 4.